The largest absolute Gasteiger partial charge is 0.481 e. The lowest BCUT2D eigenvalue weighted by Gasteiger charge is -2.29. The van der Waals surface area contributed by atoms with Crippen LogP contribution in [0.25, 0.3) is 0 Å². The molecule has 176 valence electrons. The van der Waals surface area contributed by atoms with Crippen LogP contribution in [0.1, 0.15) is 43.2 Å². The van der Waals surface area contributed by atoms with E-state index in [2.05, 4.69) is 10.6 Å². The molecular weight excluding hydrogens is 418 g/mol. The highest BCUT2D eigenvalue weighted by molar-refractivity contribution is 5.97. The van der Waals surface area contributed by atoms with Crippen LogP contribution in [0.4, 0.5) is 5.69 Å². The number of carbonyl (C=O) groups excluding carboxylic acids is 2. The zero-order valence-electron chi connectivity index (χ0n) is 18.8. The van der Waals surface area contributed by atoms with E-state index in [1.165, 1.54) is 0 Å². The van der Waals surface area contributed by atoms with Gasteiger partial charge in [0.2, 0.25) is 11.8 Å². The third-order valence-electron chi connectivity index (χ3n) is 6.26. The van der Waals surface area contributed by atoms with Gasteiger partial charge in [0.05, 0.1) is 6.42 Å². The van der Waals surface area contributed by atoms with E-state index in [0.29, 0.717) is 36.6 Å². The van der Waals surface area contributed by atoms with Crippen LogP contribution in [-0.4, -0.2) is 35.5 Å². The molecule has 3 rings (SSSR count). The van der Waals surface area contributed by atoms with E-state index in [1.807, 2.05) is 30.3 Å². The van der Waals surface area contributed by atoms with Crippen molar-refractivity contribution in [2.24, 2.45) is 17.6 Å². The Hall–Kier alpha value is -3.19. The molecule has 2 aromatic rings. The third-order valence-corrected chi connectivity index (χ3v) is 6.26. The molecular formula is C26H33N3O4. The zero-order valence-corrected chi connectivity index (χ0v) is 18.8. The number of benzene rings is 2. The lowest BCUT2D eigenvalue weighted by molar-refractivity contribution is -0.136. The van der Waals surface area contributed by atoms with Crippen LogP contribution < -0.4 is 16.4 Å². The van der Waals surface area contributed by atoms with Crippen molar-refractivity contribution in [1.29, 1.82) is 0 Å². The van der Waals surface area contributed by atoms with E-state index >= 15 is 0 Å². The number of hydrogen-bond acceptors (Lipinski definition) is 4. The minimum Gasteiger partial charge on any atom is -0.481 e. The van der Waals surface area contributed by atoms with Crippen LogP contribution in [0.15, 0.2) is 54.6 Å². The minimum atomic E-state index is -0.907. The van der Waals surface area contributed by atoms with Crippen LogP contribution in [0.3, 0.4) is 0 Å². The Bertz CT molecular complexity index is 930. The highest BCUT2D eigenvalue weighted by Crippen LogP contribution is 2.28. The maximum absolute atomic E-state index is 13.1. The molecule has 1 aliphatic rings. The Morgan fingerprint density at radius 3 is 2.39 bits per heavy atom. The number of carboxylic acids is 1. The molecule has 1 fully saturated rings. The predicted molar refractivity (Wildman–Crippen MR) is 128 cm³/mol. The molecule has 3 atom stereocenters. The maximum Gasteiger partial charge on any atom is 0.307 e. The van der Waals surface area contributed by atoms with Gasteiger partial charge < -0.3 is 21.5 Å². The summed E-state index contributed by atoms with van der Waals surface area (Å²) in [6.45, 7) is 0.583. The Morgan fingerprint density at radius 2 is 1.73 bits per heavy atom. The highest BCUT2D eigenvalue weighted by atomic mass is 16.4. The summed E-state index contributed by atoms with van der Waals surface area (Å²) in [4.78, 5) is 37.0. The average Bonchev–Trinajstić information content (AvgIpc) is 2.83. The van der Waals surface area contributed by atoms with E-state index in [0.717, 1.165) is 31.2 Å². The van der Waals surface area contributed by atoms with E-state index < -0.39 is 12.0 Å². The summed E-state index contributed by atoms with van der Waals surface area (Å²) in [5, 5.41) is 14.8. The molecule has 1 aliphatic carbocycles. The first-order valence-corrected chi connectivity index (χ1v) is 11.6. The van der Waals surface area contributed by atoms with Crippen molar-refractivity contribution in [3.05, 3.63) is 65.7 Å². The fraction of sp³-hybridized carbons (Fsp3) is 0.423. The van der Waals surface area contributed by atoms with Crippen LogP contribution in [0.2, 0.25) is 0 Å². The van der Waals surface area contributed by atoms with Gasteiger partial charge in [-0.3, -0.25) is 14.4 Å². The molecule has 7 heteroatoms. The van der Waals surface area contributed by atoms with Gasteiger partial charge in [0, 0.05) is 11.6 Å². The second-order valence-corrected chi connectivity index (χ2v) is 8.81. The van der Waals surface area contributed by atoms with Gasteiger partial charge in [-0.2, -0.15) is 0 Å². The topological polar surface area (TPSA) is 122 Å². The van der Waals surface area contributed by atoms with E-state index in [1.54, 1.807) is 24.3 Å². The minimum absolute atomic E-state index is 0.0742. The van der Waals surface area contributed by atoms with Gasteiger partial charge in [0.25, 0.3) is 0 Å². The van der Waals surface area contributed by atoms with Crippen molar-refractivity contribution >= 4 is 23.5 Å². The molecule has 2 aromatic carbocycles. The number of aliphatic carboxylic acids is 1. The molecule has 0 spiro atoms. The summed E-state index contributed by atoms with van der Waals surface area (Å²) in [5.74, 6) is -1.03. The first-order valence-electron chi connectivity index (χ1n) is 11.6. The molecule has 0 saturated heterocycles. The monoisotopic (exact) mass is 451 g/mol. The van der Waals surface area contributed by atoms with Gasteiger partial charge >= 0.3 is 5.97 Å². The van der Waals surface area contributed by atoms with Gasteiger partial charge in [0.1, 0.15) is 6.04 Å². The molecule has 0 heterocycles. The zero-order chi connectivity index (χ0) is 23.6. The Balaban J connectivity index is 1.66. The number of hydrogen-bond donors (Lipinski definition) is 4. The lowest BCUT2D eigenvalue weighted by Crippen LogP contribution is -2.47. The molecule has 7 nitrogen and oxygen atoms in total. The number of nitrogens with one attached hydrogen (secondary N) is 2. The summed E-state index contributed by atoms with van der Waals surface area (Å²) in [7, 11) is 0. The normalized spacial score (nSPS) is 18.8. The third kappa shape index (κ3) is 7.71. The van der Waals surface area contributed by atoms with E-state index in [4.69, 9.17) is 10.8 Å². The molecule has 2 amide bonds. The quantitative estimate of drug-likeness (QED) is 0.442. The number of anilines is 1. The standard InChI is InChI=1S/C26H33N3O4/c27-17-20-7-4-8-21(15-20)25(32)29-23(14-11-18-5-2-1-3-6-18)26(33)28-22-12-9-19(10-13-22)16-24(30)31/h1-3,5-6,9-10,12-13,20-21,23H,4,7-8,11,14-17,27H2,(H,28,33)(H,29,32)(H,30,31)/t20-,21-,23-/m0/s1. The van der Waals surface area contributed by atoms with Gasteiger partial charge in [-0.05, 0) is 67.8 Å². The number of aryl methyl sites for hydroxylation is 1. The predicted octanol–water partition coefficient (Wildman–Crippen LogP) is 3.13. The number of nitrogens with two attached hydrogens (primary N) is 1. The lowest BCUT2D eigenvalue weighted by atomic mass is 9.81. The molecule has 0 aliphatic heterocycles. The second-order valence-electron chi connectivity index (χ2n) is 8.81. The van der Waals surface area contributed by atoms with Crippen molar-refractivity contribution in [1.82, 2.24) is 5.32 Å². The van der Waals surface area contributed by atoms with Crippen molar-refractivity contribution in [3.8, 4) is 0 Å². The van der Waals surface area contributed by atoms with Crippen molar-refractivity contribution in [2.75, 3.05) is 11.9 Å². The molecule has 33 heavy (non-hydrogen) atoms. The molecule has 0 aromatic heterocycles. The van der Waals surface area contributed by atoms with Crippen molar-refractivity contribution in [2.45, 2.75) is 51.0 Å². The fourth-order valence-electron chi connectivity index (χ4n) is 4.37. The average molecular weight is 452 g/mol. The smallest absolute Gasteiger partial charge is 0.307 e. The Morgan fingerprint density at radius 1 is 1.00 bits per heavy atom. The molecule has 1 saturated carbocycles. The SMILES string of the molecule is NC[C@H]1CCC[C@H](C(=O)N[C@@H](CCc2ccccc2)C(=O)Nc2ccc(CC(=O)O)cc2)C1. The number of rotatable bonds is 10. The summed E-state index contributed by atoms with van der Waals surface area (Å²) >= 11 is 0. The van der Waals surface area contributed by atoms with Gasteiger partial charge in [-0.1, -0.05) is 48.9 Å². The first-order chi connectivity index (χ1) is 15.9. The summed E-state index contributed by atoms with van der Waals surface area (Å²) < 4.78 is 0. The van der Waals surface area contributed by atoms with Crippen LogP contribution in [0, 0.1) is 11.8 Å². The van der Waals surface area contributed by atoms with Crippen LogP contribution in [-0.2, 0) is 27.2 Å². The summed E-state index contributed by atoms with van der Waals surface area (Å²) in [5.41, 5.74) is 8.14. The molecule has 0 unspecified atom stereocenters. The molecule has 0 radical (unpaired) electrons. The Labute approximate surface area is 194 Å². The summed E-state index contributed by atoms with van der Waals surface area (Å²) in [6.07, 6.45) is 4.67. The van der Waals surface area contributed by atoms with Gasteiger partial charge in [0.15, 0.2) is 0 Å². The Kier molecular flexibility index (Phi) is 9.01. The molecule has 5 N–H and O–H groups in total. The number of carbonyl (C=O) groups is 3. The van der Waals surface area contributed by atoms with Crippen LogP contribution >= 0.6 is 0 Å². The number of amides is 2. The summed E-state index contributed by atoms with van der Waals surface area (Å²) in [6, 6.07) is 15.9. The van der Waals surface area contributed by atoms with Crippen molar-refractivity contribution in [3.63, 3.8) is 0 Å². The molecule has 0 bridgehead atoms. The fourth-order valence-corrected chi connectivity index (χ4v) is 4.37. The number of carboxylic acid groups (broad SMARTS) is 1. The van der Waals surface area contributed by atoms with Crippen molar-refractivity contribution < 1.29 is 19.5 Å². The highest BCUT2D eigenvalue weighted by Gasteiger charge is 2.29. The van der Waals surface area contributed by atoms with E-state index in [-0.39, 0.29) is 24.2 Å². The van der Waals surface area contributed by atoms with Gasteiger partial charge in [-0.25, -0.2) is 0 Å². The first kappa shape index (κ1) is 24.5. The van der Waals surface area contributed by atoms with Crippen LogP contribution in [0.5, 0.6) is 0 Å². The van der Waals surface area contributed by atoms with Gasteiger partial charge in [-0.15, -0.1) is 0 Å². The second kappa shape index (κ2) is 12.2. The maximum atomic E-state index is 13.1. The van der Waals surface area contributed by atoms with E-state index in [9.17, 15) is 14.4 Å².